The molecule has 94 valence electrons. The van der Waals surface area contributed by atoms with Gasteiger partial charge < -0.3 is 10.5 Å². The van der Waals surface area contributed by atoms with E-state index >= 15 is 0 Å². The van der Waals surface area contributed by atoms with E-state index in [4.69, 9.17) is 5.73 Å². The monoisotopic (exact) mass is 241 g/mol. The Kier molecular flexibility index (Phi) is 4.08. The van der Waals surface area contributed by atoms with E-state index < -0.39 is 23.8 Å². The number of aryl methyl sites for hydroxylation is 1. The zero-order valence-electron chi connectivity index (χ0n) is 9.80. The van der Waals surface area contributed by atoms with Gasteiger partial charge in [0.15, 0.2) is 0 Å². The number of rotatable bonds is 4. The molecular formula is C10H15N3O4. The van der Waals surface area contributed by atoms with Crippen LogP contribution in [0.3, 0.4) is 0 Å². The average Bonchev–Trinajstić information content (AvgIpc) is 2.29. The third-order valence-corrected chi connectivity index (χ3v) is 2.20. The standard InChI is InChI=1S/C10H15N3O4/c1-3-12-5-7(11)9(15)13(10(12)16)6-8(14)17-4-2/h5H,3-4,6,11H2,1-2H3. The molecule has 0 unspecified atom stereocenters. The van der Waals surface area contributed by atoms with Crippen LogP contribution >= 0.6 is 0 Å². The van der Waals surface area contributed by atoms with Crippen molar-refractivity contribution in [2.24, 2.45) is 0 Å². The highest BCUT2D eigenvalue weighted by atomic mass is 16.5. The third-order valence-electron chi connectivity index (χ3n) is 2.20. The van der Waals surface area contributed by atoms with E-state index in [1.54, 1.807) is 13.8 Å². The molecule has 17 heavy (non-hydrogen) atoms. The maximum absolute atomic E-state index is 11.8. The van der Waals surface area contributed by atoms with Crippen molar-refractivity contribution in [2.45, 2.75) is 26.9 Å². The summed E-state index contributed by atoms with van der Waals surface area (Å²) in [4.78, 5) is 34.6. The summed E-state index contributed by atoms with van der Waals surface area (Å²) < 4.78 is 6.72. The third kappa shape index (κ3) is 2.74. The second-order valence-corrected chi connectivity index (χ2v) is 3.35. The molecule has 0 aliphatic rings. The molecule has 7 nitrogen and oxygen atoms in total. The van der Waals surface area contributed by atoms with Crippen molar-refractivity contribution in [3.8, 4) is 0 Å². The summed E-state index contributed by atoms with van der Waals surface area (Å²) >= 11 is 0. The number of aromatic nitrogens is 2. The Morgan fingerprint density at radius 3 is 2.59 bits per heavy atom. The number of nitrogen functional groups attached to an aromatic ring is 1. The van der Waals surface area contributed by atoms with Crippen LogP contribution in [0, 0.1) is 0 Å². The van der Waals surface area contributed by atoms with Gasteiger partial charge in [0.05, 0.1) is 6.61 Å². The number of anilines is 1. The molecule has 1 aromatic heterocycles. The summed E-state index contributed by atoms with van der Waals surface area (Å²) in [6.07, 6.45) is 1.27. The van der Waals surface area contributed by atoms with Gasteiger partial charge in [0.1, 0.15) is 12.2 Å². The van der Waals surface area contributed by atoms with Crippen LogP contribution in [0.1, 0.15) is 13.8 Å². The van der Waals surface area contributed by atoms with Gasteiger partial charge in [-0.25, -0.2) is 9.36 Å². The van der Waals surface area contributed by atoms with Gasteiger partial charge >= 0.3 is 11.7 Å². The lowest BCUT2D eigenvalue weighted by Crippen LogP contribution is -2.42. The van der Waals surface area contributed by atoms with Gasteiger partial charge in [-0.05, 0) is 13.8 Å². The topological polar surface area (TPSA) is 96.3 Å². The molecule has 0 atom stereocenters. The molecular weight excluding hydrogens is 226 g/mol. The maximum atomic E-state index is 11.8. The van der Waals surface area contributed by atoms with Gasteiger partial charge in [-0.3, -0.25) is 14.2 Å². The van der Waals surface area contributed by atoms with Gasteiger partial charge in [0.25, 0.3) is 5.56 Å². The second kappa shape index (κ2) is 5.33. The minimum absolute atomic E-state index is 0.0734. The van der Waals surface area contributed by atoms with Crippen molar-refractivity contribution in [1.82, 2.24) is 9.13 Å². The first-order valence-electron chi connectivity index (χ1n) is 5.26. The molecule has 2 N–H and O–H groups in total. The van der Waals surface area contributed by atoms with Crippen LogP contribution in [0.2, 0.25) is 0 Å². The minimum atomic E-state index is -0.673. The van der Waals surface area contributed by atoms with E-state index in [0.29, 0.717) is 6.54 Å². The summed E-state index contributed by atoms with van der Waals surface area (Å²) in [5, 5.41) is 0. The van der Waals surface area contributed by atoms with E-state index in [1.165, 1.54) is 10.8 Å². The highest BCUT2D eigenvalue weighted by Crippen LogP contribution is 1.90. The number of nitrogens with zero attached hydrogens (tertiary/aromatic N) is 2. The number of hydrogen-bond donors (Lipinski definition) is 1. The largest absolute Gasteiger partial charge is 0.465 e. The first kappa shape index (κ1) is 13.0. The quantitative estimate of drug-likeness (QED) is 0.694. The van der Waals surface area contributed by atoms with Crippen LogP contribution in [-0.4, -0.2) is 21.7 Å². The predicted molar refractivity (Wildman–Crippen MR) is 61.7 cm³/mol. The summed E-state index contributed by atoms with van der Waals surface area (Å²) in [7, 11) is 0. The maximum Gasteiger partial charge on any atom is 0.331 e. The van der Waals surface area contributed by atoms with E-state index in [9.17, 15) is 14.4 Å². The highest BCUT2D eigenvalue weighted by molar-refractivity contribution is 5.69. The Bertz CT molecular complexity index is 529. The molecule has 1 rings (SSSR count). The van der Waals surface area contributed by atoms with Crippen LogP contribution in [0.5, 0.6) is 0 Å². The number of carbonyl (C=O) groups is 1. The van der Waals surface area contributed by atoms with Crippen molar-refractivity contribution >= 4 is 11.7 Å². The van der Waals surface area contributed by atoms with Crippen molar-refractivity contribution in [3.05, 3.63) is 27.0 Å². The summed E-state index contributed by atoms with van der Waals surface area (Å²) in [6.45, 7) is 3.52. The zero-order chi connectivity index (χ0) is 13.0. The molecule has 0 saturated carbocycles. The van der Waals surface area contributed by atoms with Gasteiger partial charge in [-0.2, -0.15) is 0 Å². The zero-order valence-corrected chi connectivity index (χ0v) is 9.80. The smallest absolute Gasteiger partial charge is 0.331 e. The molecule has 0 fully saturated rings. The Labute approximate surface area is 97.4 Å². The molecule has 7 heteroatoms. The van der Waals surface area contributed by atoms with Crippen molar-refractivity contribution < 1.29 is 9.53 Å². The van der Waals surface area contributed by atoms with Gasteiger partial charge in [0, 0.05) is 12.7 Å². The van der Waals surface area contributed by atoms with E-state index in [2.05, 4.69) is 4.74 Å². The first-order chi connectivity index (χ1) is 8.01. The molecule has 0 spiro atoms. The van der Waals surface area contributed by atoms with E-state index in [-0.39, 0.29) is 12.3 Å². The molecule has 1 heterocycles. The SMILES string of the molecule is CCOC(=O)Cn1c(=O)c(N)cn(CC)c1=O. The lowest BCUT2D eigenvalue weighted by Gasteiger charge is -2.09. The molecule has 0 amide bonds. The van der Waals surface area contributed by atoms with Crippen LogP contribution < -0.4 is 17.0 Å². The molecule has 0 aromatic carbocycles. The molecule has 0 radical (unpaired) electrons. The van der Waals surface area contributed by atoms with Crippen LogP contribution in [0.25, 0.3) is 0 Å². The van der Waals surface area contributed by atoms with Crippen molar-refractivity contribution in [1.29, 1.82) is 0 Å². The lowest BCUT2D eigenvalue weighted by atomic mass is 10.5. The summed E-state index contributed by atoms with van der Waals surface area (Å²) in [5.74, 6) is -0.639. The van der Waals surface area contributed by atoms with Crippen molar-refractivity contribution in [3.63, 3.8) is 0 Å². The molecule has 0 aliphatic heterocycles. The lowest BCUT2D eigenvalue weighted by molar-refractivity contribution is -0.143. The fourth-order valence-electron chi connectivity index (χ4n) is 1.38. The second-order valence-electron chi connectivity index (χ2n) is 3.35. The normalized spacial score (nSPS) is 10.2. The molecule has 0 saturated heterocycles. The molecule has 1 aromatic rings. The van der Waals surface area contributed by atoms with E-state index in [0.717, 1.165) is 4.57 Å². The van der Waals surface area contributed by atoms with E-state index in [1.807, 2.05) is 0 Å². The number of hydrogen-bond acceptors (Lipinski definition) is 5. The molecule has 0 bridgehead atoms. The van der Waals surface area contributed by atoms with Gasteiger partial charge in [0.2, 0.25) is 0 Å². The number of carbonyl (C=O) groups excluding carboxylic acids is 1. The van der Waals surface area contributed by atoms with Gasteiger partial charge in [-0.15, -0.1) is 0 Å². The Balaban J connectivity index is 3.23. The van der Waals surface area contributed by atoms with Crippen LogP contribution in [-0.2, 0) is 22.6 Å². The number of ether oxygens (including phenoxy) is 1. The fourth-order valence-corrected chi connectivity index (χ4v) is 1.38. The number of nitrogens with two attached hydrogens (primary N) is 1. The fraction of sp³-hybridized carbons (Fsp3) is 0.500. The summed E-state index contributed by atoms with van der Waals surface area (Å²) in [5.41, 5.74) is 4.15. The minimum Gasteiger partial charge on any atom is -0.465 e. The highest BCUT2D eigenvalue weighted by Gasteiger charge is 2.12. The Hall–Kier alpha value is -2.05. The van der Waals surface area contributed by atoms with Crippen molar-refractivity contribution in [2.75, 3.05) is 12.3 Å². The first-order valence-corrected chi connectivity index (χ1v) is 5.26. The predicted octanol–water partition coefficient (Wildman–Crippen LogP) is -0.825. The van der Waals surface area contributed by atoms with Crippen LogP contribution in [0.15, 0.2) is 15.8 Å². The summed E-state index contributed by atoms with van der Waals surface area (Å²) in [6, 6.07) is 0. The number of esters is 1. The Morgan fingerprint density at radius 1 is 1.41 bits per heavy atom. The average molecular weight is 241 g/mol. The Morgan fingerprint density at radius 2 is 2.06 bits per heavy atom. The van der Waals surface area contributed by atoms with Crippen LogP contribution in [0.4, 0.5) is 5.69 Å². The molecule has 0 aliphatic carbocycles. The van der Waals surface area contributed by atoms with Gasteiger partial charge in [-0.1, -0.05) is 0 Å².